The summed E-state index contributed by atoms with van der Waals surface area (Å²) in [7, 11) is 0. The van der Waals surface area contributed by atoms with E-state index in [1.807, 2.05) is 18.2 Å². The quantitative estimate of drug-likeness (QED) is 0.878. The Bertz CT molecular complexity index is 361. The molecule has 0 bridgehead atoms. The van der Waals surface area contributed by atoms with Crippen molar-refractivity contribution in [3.05, 3.63) is 33.8 Å². The molecule has 0 spiro atoms. The van der Waals surface area contributed by atoms with E-state index in [-0.39, 0.29) is 6.04 Å². The van der Waals surface area contributed by atoms with E-state index < -0.39 is 6.17 Å². The number of hydrogen-bond acceptors (Lipinski definition) is 1. The molecule has 2 radical (unpaired) electrons. The summed E-state index contributed by atoms with van der Waals surface area (Å²) in [6, 6.07) is 5.82. The van der Waals surface area contributed by atoms with Gasteiger partial charge in [-0.1, -0.05) is 42.1 Å². The van der Waals surface area contributed by atoms with Crippen molar-refractivity contribution >= 4 is 23.2 Å². The van der Waals surface area contributed by atoms with Crippen LogP contribution in [0.1, 0.15) is 31.2 Å². The normalized spacial score (nSPS) is 25.6. The lowest BCUT2D eigenvalue weighted by molar-refractivity contribution is 0.426. The minimum atomic E-state index is -0.399. The molecule has 2 unspecified atom stereocenters. The highest BCUT2D eigenvalue weighted by molar-refractivity contribution is 6.35. The third-order valence-corrected chi connectivity index (χ3v) is 3.93. The molecular weight excluding hydrogens is 255 g/mol. The van der Waals surface area contributed by atoms with Gasteiger partial charge >= 0.3 is 0 Å². The van der Waals surface area contributed by atoms with Crippen LogP contribution in [0.2, 0.25) is 10.0 Å². The maximum absolute atomic E-state index is 9.70. The van der Waals surface area contributed by atoms with Crippen molar-refractivity contribution in [1.29, 1.82) is 0 Å². The van der Waals surface area contributed by atoms with Crippen LogP contribution >= 0.6 is 23.2 Å². The summed E-state index contributed by atoms with van der Waals surface area (Å²) < 4.78 is 0. The van der Waals surface area contributed by atoms with Crippen molar-refractivity contribution in [2.45, 2.75) is 44.3 Å². The lowest BCUT2D eigenvalue weighted by Gasteiger charge is -2.19. The van der Waals surface area contributed by atoms with Gasteiger partial charge in [-0.05, 0) is 37.0 Å². The summed E-state index contributed by atoms with van der Waals surface area (Å²) >= 11 is 12.3. The predicted octanol–water partition coefficient (Wildman–Crippen LogP) is 3.46. The molecule has 1 aliphatic rings. The molecule has 0 amide bonds. The Morgan fingerprint density at radius 1 is 1.18 bits per heavy atom. The SMILES string of the molecule is [N]C1CCCCC(Cc2c(Cl)cccc2Cl)N1. The van der Waals surface area contributed by atoms with Crippen molar-refractivity contribution in [1.82, 2.24) is 11.1 Å². The van der Waals surface area contributed by atoms with Gasteiger partial charge in [0.15, 0.2) is 0 Å². The molecule has 2 atom stereocenters. The molecule has 0 aromatic heterocycles. The fraction of sp³-hybridized carbons (Fsp3) is 0.538. The van der Waals surface area contributed by atoms with Crippen molar-refractivity contribution in [2.24, 2.45) is 0 Å². The molecule has 1 N–H and O–H groups in total. The zero-order valence-electron chi connectivity index (χ0n) is 9.63. The van der Waals surface area contributed by atoms with E-state index in [2.05, 4.69) is 5.32 Å². The smallest absolute Gasteiger partial charge is 0.0928 e. The largest absolute Gasteiger partial charge is 0.296 e. The molecule has 1 aliphatic heterocycles. The predicted molar refractivity (Wildman–Crippen MR) is 71.5 cm³/mol. The van der Waals surface area contributed by atoms with Crippen molar-refractivity contribution in [3.63, 3.8) is 0 Å². The molecule has 1 fully saturated rings. The molecule has 1 aromatic rings. The number of nitrogens with one attached hydrogen (secondary N) is 1. The molecular formula is C13H16Cl2N2. The van der Waals surface area contributed by atoms with E-state index in [9.17, 15) is 5.73 Å². The minimum absolute atomic E-state index is 0.255. The summed E-state index contributed by atoms with van der Waals surface area (Å²) in [6.07, 6.45) is 4.46. The molecule has 4 heteroatoms. The average Bonchev–Trinajstić information content (AvgIpc) is 2.48. The molecule has 1 aromatic carbocycles. The highest BCUT2D eigenvalue weighted by atomic mass is 35.5. The maximum atomic E-state index is 9.70. The summed E-state index contributed by atoms with van der Waals surface area (Å²) in [5.41, 5.74) is 10.7. The monoisotopic (exact) mass is 270 g/mol. The molecule has 2 rings (SSSR count). The van der Waals surface area contributed by atoms with Crippen molar-refractivity contribution in [3.8, 4) is 0 Å². The van der Waals surface area contributed by atoms with Gasteiger partial charge in [0.05, 0.1) is 6.17 Å². The first-order valence-corrected chi connectivity index (χ1v) is 6.79. The van der Waals surface area contributed by atoms with Gasteiger partial charge in [0.1, 0.15) is 0 Å². The second-order valence-corrected chi connectivity index (χ2v) is 5.38. The zero-order valence-corrected chi connectivity index (χ0v) is 11.1. The molecule has 0 saturated carbocycles. The molecule has 0 aliphatic carbocycles. The lowest BCUT2D eigenvalue weighted by Crippen LogP contribution is -2.38. The van der Waals surface area contributed by atoms with Crippen LogP contribution in [-0.2, 0) is 6.42 Å². The van der Waals surface area contributed by atoms with E-state index in [1.54, 1.807) is 0 Å². The third-order valence-electron chi connectivity index (χ3n) is 3.22. The first-order valence-electron chi connectivity index (χ1n) is 6.04. The van der Waals surface area contributed by atoms with Crippen LogP contribution in [0.15, 0.2) is 18.2 Å². The Labute approximate surface area is 112 Å². The van der Waals surface area contributed by atoms with Gasteiger partial charge in [-0.15, -0.1) is 5.73 Å². The second-order valence-electron chi connectivity index (χ2n) is 4.57. The van der Waals surface area contributed by atoms with Crippen LogP contribution < -0.4 is 11.1 Å². The molecule has 1 saturated heterocycles. The van der Waals surface area contributed by atoms with E-state index in [0.29, 0.717) is 10.0 Å². The standard InChI is InChI=1S/C13H16Cl2N2/c14-11-5-3-6-12(15)10(11)8-9-4-1-2-7-13(16)17-9/h3,5-6,9,13,17H,1-2,4,7-8H2. The van der Waals surface area contributed by atoms with E-state index in [0.717, 1.165) is 37.7 Å². The lowest BCUT2D eigenvalue weighted by atomic mass is 10.0. The molecule has 1 heterocycles. The van der Waals surface area contributed by atoms with Gasteiger partial charge in [0.25, 0.3) is 0 Å². The van der Waals surface area contributed by atoms with Crippen LogP contribution in [0, 0.1) is 0 Å². The van der Waals surface area contributed by atoms with Gasteiger partial charge < -0.3 is 0 Å². The Morgan fingerprint density at radius 3 is 2.53 bits per heavy atom. The second kappa shape index (κ2) is 6.05. The Hall–Kier alpha value is -0.280. The van der Waals surface area contributed by atoms with Crippen molar-refractivity contribution < 1.29 is 0 Å². The van der Waals surface area contributed by atoms with Gasteiger partial charge in [0, 0.05) is 16.1 Å². The van der Waals surface area contributed by atoms with E-state index in [4.69, 9.17) is 23.2 Å². The van der Waals surface area contributed by atoms with Crippen LogP contribution in [0.25, 0.3) is 0 Å². The van der Waals surface area contributed by atoms with Crippen molar-refractivity contribution in [2.75, 3.05) is 0 Å². The number of halogens is 2. The maximum Gasteiger partial charge on any atom is 0.0928 e. The van der Waals surface area contributed by atoms with Gasteiger partial charge in [0.2, 0.25) is 0 Å². The molecule has 92 valence electrons. The van der Waals surface area contributed by atoms with E-state index in [1.165, 1.54) is 0 Å². The Kier molecular flexibility index (Phi) is 4.69. The number of benzene rings is 1. The fourth-order valence-corrected chi connectivity index (χ4v) is 2.85. The van der Waals surface area contributed by atoms with Crippen LogP contribution in [0.5, 0.6) is 0 Å². The minimum Gasteiger partial charge on any atom is -0.296 e. The van der Waals surface area contributed by atoms with Gasteiger partial charge in [-0.3, -0.25) is 5.32 Å². The summed E-state index contributed by atoms with van der Waals surface area (Å²) in [5, 5.41) is 4.63. The van der Waals surface area contributed by atoms with Gasteiger partial charge in [-0.25, -0.2) is 0 Å². The number of nitrogens with zero attached hydrogens (tertiary/aromatic N) is 1. The molecule has 2 nitrogen and oxygen atoms in total. The van der Waals surface area contributed by atoms with E-state index >= 15 is 0 Å². The Morgan fingerprint density at radius 2 is 1.82 bits per heavy atom. The highest BCUT2D eigenvalue weighted by Crippen LogP contribution is 2.27. The number of rotatable bonds is 2. The average molecular weight is 271 g/mol. The zero-order chi connectivity index (χ0) is 12.3. The topological polar surface area (TPSA) is 34.3 Å². The van der Waals surface area contributed by atoms with Gasteiger partial charge in [-0.2, -0.15) is 0 Å². The number of hydrogen-bond donors (Lipinski definition) is 1. The summed E-state index contributed by atoms with van der Waals surface area (Å²) in [5.74, 6) is 0. The van der Waals surface area contributed by atoms with Crippen LogP contribution in [0.4, 0.5) is 0 Å². The summed E-state index contributed by atoms with van der Waals surface area (Å²) in [4.78, 5) is 0. The fourth-order valence-electron chi connectivity index (χ4n) is 2.30. The first kappa shape index (κ1) is 13.2. The highest BCUT2D eigenvalue weighted by Gasteiger charge is 2.19. The third kappa shape index (κ3) is 3.59. The van der Waals surface area contributed by atoms with Crippen LogP contribution in [0.3, 0.4) is 0 Å². The van der Waals surface area contributed by atoms with Crippen LogP contribution in [-0.4, -0.2) is 12.2 Å². The Balaban J connectivity index is 2.09. The first-order chi connectivity index (χ1) is 8.16. The summed E-state index contributed by atoms with van der Waals surface area (Å²) in [6.45, 7) is 0. The molecule has 17 heavy (non-hydrogen) atoms.